The molecule has 0 fully saturated rings. The molecule has 0 aliphatic heterocycles. The highest BCUT2D eigenvalue weighted by atomic mass is 79.9. The monoisotopic (exact) mass is 349 g/mol. The van der Waals surface area contributed by atoms with Gasteiger partial charge in [-0.05, 0) is 47.1 Å². The van der Waals surface area contributed by atoms with Crippen molar-refractivity contribution in [3.8, 4) is 5.75 Å². The number of benzene rings is 1. The number of furan rings is 1. The second-order valence-corrected chi connectivity index (χ2v) is 4.81. The highest BCUT2D eigenvalue weighted by molar-refractivity contribution is 9.10. The molecular weight excluding hydrogens is 339 g/mol. The van der Waals surface area contributed by atoms with Crippen LogP contribution in [0.5, 0.6) is 5.75 Å². The molecule has 0 spiro atoms. The lowest BCUT2D eigenvalue weighted by atomic mass is 10.2. The third-order valence-electron chi connectivity index (χ3n) is 2.55. The minimum atomic E-state index is -3.05. The third kappa shape index (κ3) is 3.69. The van der Waals surface area contributed by atoms with E-state index < -0.39 is 18.2 Å². The molecule has 1 unspecified atom stereocenters. The minimum Gasteiger partial charge on any atom is -0.452 e. The van der Waals surface area contributed by atoms with E-state index in [4.69, 9.17) is 4.42 Å². The fourth-order valence-electron chi connectivity index (χ4n) is 1.66. The van der Waals surface area contributed by atoms with Crippen LogP contribution in [0, 0.1) is 5.82 Å². The SMILES string of the molecule is CC(Nc1ccc(OC(F)F)c(F)c1)c1ccc(Br)o1. The quantitative estimate of drug-likeness (QED) is 0.828. The predicted molar refractivity (Wildman–Crippen MR) is 71.5 cm³/mol. The maximum absolute atomic E-state index is 13.5. The van der Waals surface area contributed by atoms with Crippen molar-refractivity contribution in [1.82, 2.24) is 0 Å². The summed E-state index contributed by atoms with van der Waals surface area (Å²) in [5, 5.41) is 3.00. The second kappa shape index (κ2) is 6.21. The van der Waals surface area contributed by atoms with Crippen LogP contribution < -0.4 is 10.1 Å². The van der Waals surface area contributed by atoms with Crippen LogP contribution in [-0.4, -0.2) is 6.61 Å². The molecule has 0 saturated heterocycles. The summed E-state index contributed by atoms with van der Waals surface area (Å²) in [6.07, 6.45) is 0. The van der Waals surface area contributed by atoms with E-state index in [0.29, 0.717) is 16.1 Å². The van der Waals surface area contributed by atoms with E-state index in [1.807, 2.05) is 6.92 Å². The van der Waals surface area contributed by atoms with E-state index in [0.717, 1.165) is 12.1 Å². The fraction of sp³-hybridized carbons (Fsp3) is 0.231. The first-order chi connectivity index (χ1) is 9.45. The number of ether oxygens (including phenoxy) is 1. The van der Waals surface area contributed by atoms with Crippen LogP contribution in [0.25, 0.3) is 0 Å². The lowest BCUT2D eigenvalue weighted by Gasteiger charge is -2.14. The highest BCUT2D eigenvalue weighted by Gasteiger charge is 2.13. The van der Waals surface area contributed by atoms with Gasteiger partial charge in [-0.15, -0.1) is 0 Å². The lowest BCUT2D eigenvalue weighted by Crippen LogP contribution is -2.07. The molecule has 1 N–H and O–H groups in total. The number of hydrogen-bond donors (Lipinski definition) is 1. The molecule has 0 aliphatic rings. The Labute approximate surface area is 121 Å². The summed E-state index contributed by atoms with van der Waals surface area (Å²) in [5.41, 5.74) is 0.434. The molecule has 3 nitrogen and oxygen atoms in total. The first kappa shape index (κ1) is 14.8. The number of anilines is 1. The van der Waals surface area contributed by atoms with Gasteiger partial charge in [0.1, 0.15) is 5.76 Å². The standard InChI is InChI=1S/C13H11BrF3NO2/c1-7(10-4-5-12(14)19-10)18-8-2-3-11(9(15)6-8)20-13(16)17/h2-7,13,18H,1H3. The summed E-state index contributed by atoms with van der Waals surface area (Å²) in [6, 6.07) is 7.00. The van der Waals surface area contributed by atoms with E-state index >= 15 is 0 Å². The van der Waals surface area contributed by atoms with Gasteiger partial charge in [0.25, 0.3) is 0 Å². The Hall–Kier alpha value is -1.63. The molecule has 108 valence electrons. The predicted octanol–water partition coefficient (Wildman–Crippen LogP) is 4.96. The van der Waals surface area contributed by atoms with Crippen LogP contribution in [-0.2, 0) is 0 Å². The van der Waals surface area contributed by atoms with Gasteiger partial charge in [0.15, 0.2) is 16.2 Å². The van der Waals surface area contributed by atoms with Crippen molar-refractivity contribution < 1.29 is 22.3 Å². The lowest BCUT2D eigenvalue weighted by molar-refractivity contribution is -0.0521. The first-order valence-electron chi connectivity index (χ1n) is 5.72. The summed E-state index contributed by atoms with van der Waals surface area (Å²) in [7, 11) is 0. The van der Waals surface area contributed by atoms with Crippen molar-refractivity contribution >= 4 is 21.6 Å². The van der Waals surface area contributed by atoms with Crippen LogP contribution in [0.15, 0.2) is 39.4 Å². The zero-order chi connectivity index (χ0) is 14.7. The van der Waals surface area contributed by atoms with Gasteiger partial charge in [0.2, 0.25) is 0 Å². The van der Waals surface area contributed by atoms with Crippen LogP contribution >= 0.6 is 15.9 Å². The number of rotatable bonds is 5. The fourth-order valence-corrected chi connectivity index (χ4v) is 1.98. The zero-order valence-corrected chi connectivity index (χ0v) is 12.0. The summed E-state index contributed by atoms with van der Waals surface area (Å²) >= 11 is 3.19. The van der Waals surface area contributed by atoms with Gasteiger partial charge < -0.3 is 14.5 Å². The zero-order valence-electron chi connectivity index (χ0n) is 10.4. The van der Waals surface area contributed by atoms with Gasteiger partial charge >= 0.3 is 6.61 Å². The van der Waals surface area contributed by atoms with E-state index in [1.165, 1.54) is 6.07 Å². The van der Waals surface area contributed by atoms with Gasteiger partial charge in [-0.1, -0.05) is 0 Å². The molecule has 0 bridgehead atoms. The maximum Gasteiger partial charge on any atom is 0.387 e. The Morgan fingerprint density at radius 1 is 1.25 bits per heavy atom. The van der Waals surface area contributed by atoms with Crippen LogP contribution in [0.4, 0.5) is 18.9 Å². The van der Waals surface area contributed by atoms with Crippen molar-refractivity contribution in [3.05, 3.63) is 46.6 Å². The Kier molecular flexibility index (Phi) is 4.59. The molecule has 2 rings (SSSR count). The largest absolute Gasteiger partial charge is 0.452 e. The summed E-state index contributed by atoms with van der Waals surface area (Å²) in [6.45, 7) is -1.23. The Balaban J connectivity index is 2.08. The van der Waals surface area contributed by atoms with E-state index in [2.05, 4.69) is 26.0 Å². The number of halogens is 4. The number of alkyl halides is 2. The van der Waals surface area contributed by atoms with E-state index in [1.54, 1.807) is 12.1 Å². The third-order valence-corrected chi connectivity index (χ3v) is 2.98. The molecule has 2 aromatic rings. The molecule has 7 heteroatoms. The minimum absolute atomic E-state index is 0.206. The van der Waals surface area contributed by atoms with Crippen molar-refractivity contribution in [1.29, 1.82) is 0 Å². The van der Waals surface area contributed by atoms with Crippen molar-refractivity contribution in [2.75, 3.05) is 5.32 Å². The normalized spacial score (nSPS) is 12.5. The van der Waals surface area contributed by atoms with Gasteiger partial charge in [-0.25, -0.2) is 4.39 Å². The smallest absolute Gasteiger partial charge is 0.387 e. The highest BCUT2D eigenvalue weighted by Crippen LogP contribution is 2.27. The summed E-state index contributed by atoms with van der Waals surface area (Å²) in [4.78, 5) is 0. The molecule has 0 radical (unpaired) electrons. The Morgan fingerprint density at radius 3 is 2.55 bits per heavy atom. The van der Waals surface area contributed by atoms with Crippen molar-refractivity contribution in [3.63, 3.8) is 0 Å². The van der Waals surface area contributed by atoms with Gasteiger partial charge in [-0.2, -0.15) is 8.78 Å². The van der Waals surface area contributed by atoms with Crippen molar-refractivity contribution in [2.45, 2.75) is 19.6 Å². The Morgan fingerprint density at radius 2 is 2.00 bits per heavy atom. The molecule has 1 heterocycles. The topological polar surface area (TPSA) is 34.4 Å². The van der Waals surface area contributed by atoms with E-state index in [-0.39, 0.29) is 6.04 Å². The average Bonchev–Trinajstić information content (AvgIpc) is 2.79. The Bertz CT molecular complexity index is 589. The second-order valence-electron chi connectivity index (χ2n) is 4.03. The molecule has 1 aromatic carbocycles. The van der Waals surface area contributed by atoms with E-state index in [9.17, 15) is 13.2 Å². The molecule has 20 heavy (non-hydrogen) atoms. The molecule has 0 amide bonds. The van der Waals surface area contributed by atoms with Gasteiger partial charge in [0, 0.05) is 11.8 Å². The molecule has 1 atom stereocenters. The van der Waals surface area contributed by atoms with Crippen LogP contribution in [0.1, 0.15) is 18.7 Å². The maximum atomic E-state index is 13.5. The van der Waals surface area contributed by atoms with Gasteiger partial charge in [-0.3, -0.25) is 0 Å². The first-order valence-corrected chi connectivity index (χ1v) is 6.51. The average molecular weight is 350 g/mol. The van der Waals surface area contributed by atoms with Crippen LogP contribution in [0.2, 0.25) is 0 Å². The summed E-state index contributed by atoms with van der Waals surface area (Å²) < 4.78 is 47.5. The number of hydrogen-bond acceptors (Lipinski definition) is 3. The molecular formula is C13H11BrF3NO2. The molecule has 1 aromatic heterocycles. The van der Waals surface area contributed by atoms with Crippen LogP contribution in [0.3, 0.4) is 0 Å². The van der Waals surface area contributed by atoms with Gasteiger partial charge in [0.05, 0.1) is 6.04 Å². The molecule has 0 aliphatic carbocycles. The van der Waals surface area contributed by atoms with Crippen molar-refractivity contribution in [2.24, 2.45) is 0 Å². The molecule has 0 saturated carbocycles. The summed E-state index contributed by atoms with van der Waals surface area (Å²) in [5.74, 6) is -0.688. The number of nitrogens with one attached hydrogen (secondary N) is 1.